The third-order valence-corrected chi connectivity index (χ3v) is 7.85. The first-order chi connectivity index (χ1) is 18.0. The van der Waals surface area contributed by atoms with Gasteiger partial charge in [0.2, 0.25) is 5.91 Å². The number of carboxylic acid groups (broad SMARTS) is 1. The van der Waals surface area contributed by atoms with Gasteiger partial charge in [0, 0.05) is 35.7 Å². The molecule has 2 amide bonds. The minimum Gasteiger partial charge on any atom is -0.465 e. The summed E-state index contributed by atoms with van der Waals surface area (Å²) in [6.07, 6.45) is 4.03. The van der Waals surface area contributed by atoms with Gasteiger partial charge in [-0.2, -0.15) is 0 Å². The van der Waals surface area contributed by atoms with Gasteiger partial charge >= 0.3 is 6.09 Å². The average molecular weight is 515 g/mol. The number of carbonyl (C=O) groups excluding carboxylic acids is 1. The van der Waals surface area contributed by atoms with E-state index in [1.54, 1.807) is 13.2 Å². The number of hydrogen-bond acceptors (Lipinski definition) is 4. The molecule has 3 aromatic rings. The molecule has 0 spiro atoms. The summed E-state index contributed by atoms with van der Waals surface area (Å²) in [6, 6.07) is 20.2. The summed E-state index contributed by atoms with van der Waals surface area (Å²) in [5.41, 5.74) is 11.3. The van der Waals surface area contributed by atoms with E-state index in [1.807, 2.05) is 81.4 Å². The van der Waals surface area contributed by atoms with Crippen LogP contribution < -0.4 is 11.1 Å². The van der Waals surface area contributed by atoms with E-state index < -0.39 is 11.6 Å². The molecule has 1 atom stereocenters. The van der Waals surface area contributed by atoms with Crippen molar-refractivity contribution in [3.05, 3.63) is 72.4 Å². The number of nitrogens with one attached hydrogen (secondary N) is 1. The fraction of sp³-hybridized carbons (Fsp3) is 0.387. The standard InChI is InChI=1S/C31H38N4O3/c1-20(21-12-16-26(17-13-21)35(4)30(37)38)29(36)34-25-18-27(22-8-6-5-7-9-22)28(33-19-25)23-10-14-24(15-11-23)31(2,3)32/h5-11,14-15,18-21,26H,12-13,16-17,32H2,1-4H3,(H,34,36)(H,37,38). The zero-order valence-electron chi connectivity index (χ0n) is 22.6. The zero-order valence-corrected chi connectivity index (χ0v) is 22.6. The lowest BCUT2D eigenvalue weighted by Gasteiger charge is -2.35. The first-order valence-electron chi connectivity index (χ1n) is 13.3. The molecular weight excluding hydrogens is 476 g/mol. The van der Waals surface area contributed by atoms with Crippen molar-refractivity contribution >= 4 is 17.7 Å². The van der Waals surface area contributed by atoms with Gasteiger partial charge in [0.25, 0.3) is 0 Å². The van der Waals surface area contributed by atoms with Crippen LogP contribution in [0.2, 0.25) is 0 Å². The van der Waals surface area contributed by atoms with E-state index in [9.17, 15) is 14.7 Å². The Balaban J connectivity index is 1.53. The number of nitrogens with two attached hydrogens (primary N) is 1. The number of carbonyl (C=O) groups is 2. The largest absolute Gasteiger partial charge is 0.465 e. The molecule has 4 rings (SSSR count). The van der Waals surface area contributed by atoms with Crippen LogP contribution in [-0.4, -0.2) is 40.1 Å². The number of aromatic nitrogens is 1. The van der Waals surface area contributed by atoms with E-state index >= 15 is 0 Å². The van der Waals surface area contributed by atoms with Gasteiger partial charge in [0.1, 0.15) is 0 Å². The first-order valence-corrected chi connectivity index (χ1v) is 13.3. The predicted octanol–water partition coefficient (Wildman–Crippen LogP) is 6.35. The summed E-state index contributed by atoms with van der Waals surface area (Å²) < 4.78 is 0. The van der Waals surface area contributed by atoms with Crippen LogP contribution in [0.4, 0.5) is 10.5 Å². The maximum absolute atomic E-state index is 13.2. The quantitative estimate of drug-likeness (QED) is 0.340. The van der Waals surface area contributed by atoms with Crippen LogP contribution in [0, 0.1) is 11.8 Å². The topological polar surface area (TPSA) is 109 Å². The van der Waals surface area contributed by atoms with Crippen LogP contribution in [0.3, 0.4) is 0 Å². The Morgan fingerprint density at radius 2 is 1.66 bits per heavy atom. The van der Waals surface area contributed by atoms with Gasteiger partial charge in [-0.15, -0.1) is 0 Å². The molecule has 7 nitrogen and oxygen atoms in total. The lowest BCUT2D eigenvalue weighted by molar-refractivity contribution is -0.121. The second-order valence-corrected chi connectivity index (χ2v) is 11.0. The Kier molecular flexibility index (Phi) is 8.17. The Hall–Kier alpha value is -3.71. The Morgan fingerprint density at radius 3 is 2.24 bits per heavy atom. The van der Waals surface area contributed by atoms with Gasteiger partial charge in [-0.3, -0.25) is 9.78 Å². The normalized spacial score (nSPS) is 18.4. The highest BCUT2D eigenvalue weighted by Crippen LogP contribution is 2.35. The number of rotatable bonds is 7. The molecule has 200 valence electrons. The van der Waals surface area contributed by atoms with Crippen molar-refractivity contribution in [2.24, 2.45) is 17.6 Å². The van der Waals surface area contributed by atoms with Gasteiger partial charge in [-0.05, 0) is 62.6 Å². The highest BCUT2D eigenvalue weighted by atomic mass is 16.4. The van der Waals surface area contributed by atoms with Gasteiger partial charge in [-0.25, -0.2) is 4.79 Å². The maximum atomic E-state index is 13.2. The van der Waals surface area contributed by atoms with Crippen molar-refractivity contribution in [1.29, 1.82) is 0 Å². The van der Waals surface area contributed by atoms with E-state index in [0.29, 0.717) is 5.69 Å². The van der Waals surface area contributed by atoms with Gasteiger partial charge < -0.3 is 21.1 Å². The highest BCUT2D eigenvalue weighted by molar-refractivity contribution is 5.94. The fourth-order valence-corrected chi connectivity index (χ4v) is 5.27. The summed E-state index contributed by atoms with van der Waals surface area (Å²) in [5.74, 6) is 0.000750. The Bertz CT molecular complexity index is 1260. The van der Waals surface area contributed by atoms with Crippen molar-refractivity contribution in [3.8, 4) is 22.4 Å². The third kappa shape index (κ3) is 6.22. The number of anilines is 1. The molecule has 1 saturated carbocycles. The van der Waals surface area contributed by atoms with Crippen LogP contribution in [0.25, 0.3) is 22.4 Å². The smallest absolute Gasteiger partial charge is 0.407 e. The van der Waals surface area contributed by atoms with Crippen molar-refractivity contribution in [2.75, 3.05) is 12.4 Å². The maximum Gasteiger partial charge on any atom is 0.407 e. The van der Waals surface area contributed by atoms with Gasteiger partial charge in [-0.1, -0.05) is 61.5 Å². The number of pyridine rings is 1. The highest BCUT2D eigenvalue weighted by Gasteiger charge is 2.32. The van der Waals surface area contributed by atoms with Gasteiger partial charge in [0.05, 0.1) is 17.6 Å². The molecule has 4 N–H and O–H groups in total. The third-order valence-electron chi connectivity index (χ3n) is 7.85. The molecule has 1 heterocycles. The lowest BCUT2D eigenvalue weighted by atomic mass is 9.78. The monoisotopic (exact) mass is 514 g/mol. The van der Waals surface area contributed by atoms with Crippen molar-refractivity contribution in [3.63, 3.8) is 0 Å². The Morgan fingerprint density at radius 1 is 1.03 bits per heavy atom. The average Bonchev–Trinajstić information content (AvgIpc) is 2.92. The number of hydrogen-bond donors (Lipinski definition) is 3. The molecule has 1 aliphatic rings. The molecule has 0 bridgehead atoms. The predicted molar refractivity (Wildman–Crippen MR) is 152 cm³/mol. The van der Waals surface area contributed by atoms with Crippen LogP contribution >= 0.6 is 0 Å². The fourth-order valence-electron chi connectivity index (χ4n) is 5.27. The van der Waals surface area contributed by atoms with Crippen molar-refractivity contribution in [1.82, 2.24) is 9.88 Å². The second kappa shape index (κ2) is 11.4. The van der Waals surface area contributed by atoms with E-state index in [2.05, 4.69) is 5.32 Å². The minimum absolute atomic E-state index is 0.0224. The summed E-state index contributed by atoms with van der Waals surface area (Å²) in [6.45, 7) is 5.92. The summed E-state index contributed by atoms with van der Waals surface area (Å²) in [5, 5.41) is 12.3. The molecular formula is C31H38N4O3. The Labute approximate surface area is 225 Å². The molecule has 0 aliphatic heterocycles. The van der Waals surface area contributed by atoms with E-state index in [0.717, 1.165) is 53.6 Å². The summed E-state index contributed by atoms with van der Waals surface area (Å²) in [4.78, 5) is 30.7. The molecule has 38 heavy (non-hydrogen) atoms. The van der Waals surface area contributed by atoms with Crippen molar-refractivity contribution < 1.29 is 14.7 Å². The van der Waals surface area contributed by atoms with Crippen molar-refractivity contribution in [2.45, 2.75) is 58.0 Å². The van der Waals surface area contributed by atoms with Gasteiger partial charge in [0.15, 0.2) is 0 Å². The molecule has 1 unspecified atom stereocenters. The zero-order chi connectivity index (χ0) is 27.4. The minimum atomic E-state index is -0.899. The van der Waals surface area contributed by atoms with Crippen LogP contribution in [0.5, 0.6) is 0 Å². The molecule has 1 aromatic heterocycles. The molecule has 2 aromatic carbocycles. The van der Waals surface area contributed by atoms with E-state index in [1.165, 1.54) is 4.90 Å². The number of nitrogens with zero attached hydrogens (tertiary/aromatic N) is 2. The lowest BCUT2D eigenvalue weighted by Crippen LogP contribution is -2.40. The number of benzene rings is 2. The van der Waals surface area contributed by atoms with Crippen LogP contribution in [0.1, 0.15) is 52.0 Å². The first kappa shape index (κ1) is 27.3. The number of amides is 2. The molecule has 1 fully saturated rings. The van der Waals surface area contributed by atoms with Crippen LogP contribution in [0.15, 0.2) is 66.9 Å². The summed E-state index contributed by atoms with van der Waals surface area (Å²) in [7, 11) is 1.62. The van der Waals surface area contributed by atoms with E-state index in [4.69, 9.17) is 10.7 Å². The second-order valence-electron chi connectivity index (χ2n) is 11.0. The van der Waals surface area contributed by atoms with Crippen LogP contribution in [-0.2, 0) is 10.3 Å². The molecule has 1 aliphatic carbocycles. The summed E-state index contributed by atoms with van der Waals surface area (Å²) >= 11 is 0. The molecule has 0 saturated heterocycles. The SMILES string of the molecule is CC(C(=O)Nc1cnc(-c2ccc(C(C)(C)N)cc2)c(-c2ccccc2)c1)C1CCC(N(C)C(=O)O)CC1. The molecule has 0 radical (unpaired) electrons. The van der Waals surface area contributed by atoms with E-state index in [-0.39, 0.29) is 23.8 Å². The molecule has 7 heteroatoms.